The fourth-order valence-electron chi connectivity index (χ4n) is 3.72. The van der Waals surface area contributed by atoms with Gasteiger partial charge in [0.15, 0.2) is 0 Å². The minimum absolute atomic E-state index is 0.0701. The fourth-order valence-corrected chi connectivity index (χ4v) is 4.96. The third-order valence-corrected chi connectivity index (χ3v) is 7.41. The van der Waals surface area contributed by atoms with E-state index in [1.54, 1.807) is 18.2 Å². The van der Waals surface area contributed by atoms with Crippen LogP contribution in [0.3, 0.4) is 0 Å². The van der Waals surface area contributed by atoms with Gasteiger partial charge < -0.3 is 5.32 Å². The molecule has 162 valence electrons. The molecule has 0 saturated heterocycles. The van der Waals surface area contributed by atoms with E-state index < -0.39 is 10.9 Å². The molecule has 1 amide bonds. The van der Waals surface area contributed by atoms with Crippen LogP contribution in [0.1, 0.15) is 44.2 Å². The summed E-state index contributed by atoms with van der Waals surface area (Å²) in [5, 5.41) is 3.23. The number of carbonyl (C=O) groups excluding carboxylic acids is 1. The zero-order chi connectivity index (χ0) is 21.8. The standard InChI is InChI=1S/C20H22BrClFN3O3S/c1-12(13-2-6-15(23)7-3-13)25-20(27)14-4-8-16(9-5-14)26(30(28)29)17-10-18(21)19(22)24-11-17/h2-3,6-7,10-12,14,16,30H,4-5,8-9H2,1H3,(H,25,27)/t12-,14?,16?/m1/s1. The molecule has 0 radical (unpaired) electrons. The molecule has 2 aromatic rings. The summed E-state index contributed by atoms with van der Waals surface area (Å²) in [7, 11) is -2.86. The van der Waals surface area contributed by atoms with E-state index in [0.717, 1.165) is 5.56 Å². The summed E-state index contributed by atoms with van der Waals surface area (Å²) in [6.45, 7) is 1.85. The maximum atomic E-state index is 13.1. The summed E-state index contributed by atoms with van der Waals surface area (Å²) in [6.07, 6.45) is 3.71. The number of pyridine rings is 1. The Balaban J connectivity index is 1.61. The molecule has 1 aliphatic carbocycles. The first-order valence-corrected chi connectivity index (χ1v) is 11.9. The number of anilines is 1. The Hall–Kier alpha value is -1.71. The molecule has 0 bridgehead atoms. The van der Waals surface area contributed by atoms with Gasteiger partial charge in [0, 0.05) is 12.0 Å². The molecule has 30 heavy (non-hydrogen) atoms. The van der Waals surface area contributed by atoms with Crippen LogP contribution in [0.5, 0.6) is 0 Å². The van der Waals surface area contributed by atoms with Crippen molar-refractivity contribution in [1.82, 2.24) is 10.3 Å². The number of amides is 1. The predicted molar refractivity (Wildman–Crippen MR) is 118 cm³/mol. The van der Waals surface area contributed by atoms with Crippen LogP contribution in [0.15, 0.2) is 41.0 Å². The van der Waals surface area contributed by atoms with Gasteiger partial charge in [-0.2, -0.15) is 0 Å². The van der Waals surface area contributed by atoms with Crippen LogP contribution in [0, 0.1) is 11.7 Å². The minimum atomic E-state index is -2.86. The van der Waals surface area contributed by atoms with Gasteiger partial charge >= 0.3 is 0 Å². The number of hydrogen-bond acceptors (Lipinski definition) is 4. The molecule has 1 aliphatic rings. The number of halogens is 3. The lowest BCUT2D eigenvalue weighted by molar-refractivity contribution is -0.126. The lowest BCUT2D eigenvalue weighted by Gasteiger charge is -2.34. The Morgan fingerprint density at radius 2 is 1.90 bits per heavy atom. The van der Waals surface area contributed by atoms with E-state index in [9.17, 15) is 17.6 Å². The molecular formula is C20H22BrClFN3O3S. The summed E-state index contributed by atoms with van der Waals surface area (Å²) in [5.41, 5.74) is 1.27. The SMILES string of the molecule is C[C@@H](NC(=O)C1CCC(N(c2cnc(Cl)c(Br)c2)[SH](=O)=O)CC1)c1ccc(F)cc1. The maximum absolute atomic E-state index is 13.1. The Morgan fingerprint density at radius 3 is 2.47 bits per heavy atom. The van der Waals surface area contributed by atoms with Gasteiger partial charge in [-0.25, -0.2) is 17.8 Å². The zero-order valence-corrected chi connectivity index (χ0v) is 19.5. The van der Waals surface area contributed by atoms with Gasteiger partial charge in [0.25, 0.3) is 0 Å². The van der Waals surface area contributed by atoms with Crippen LogP contribution in [-0.2, 0) is 15.7 Å². The summed E-state index contributed by atoms with van der Waals surface area (Å²) in [4.78, 5) is 16.7. The first-order valence-electron chi connectivity index (χ1n) is 9.56. The monoisotopic (exact) mass is 517 g/mol. The van der Waals surface area contributed by atoms with Crippen molar-refractivity contribution >= 4 is 50.0 Å². The van der Waals surface area contributed by atoms with E-state index in [-0.39, 0.29) is 34.9 Å². The normalized spacial score (nSPS) is 20.0. The van der Waals surface area contributed by atoms with Crippen molar-refractivity contribution in [3.63, 3.8) is 0 Å². The Morgan fingerprint density at radius 1 is 1.27 bits per heavy atom. The molecule has 3 rings (SSSR count). The van der Waals surface area contributed by atoms with Gasteiger partial charge in [-0.05, 0) is 72.3 Å². The molecule has 6 nitrogen and oxygen atoms in total. The van der Waals surface area contributed by atoms with Crippen LogP contribution in [0.2, 0.25) is 5.15 Å². The van der Waals surface area contributed by atoms with Crippen LogP contribution in [0.25, 0.3) is 0 Å². The first-order chi connectivity index (χ1) is 14.3. The highest BCUT2D eigenvalue weighted by Gasteiger charge is 2.31. The lowest BCUT2D eigenvalue weighted by Crippen LogP contribution is -2.41. The van der Waals surface area contributed by atoms with Crippen molar-refractivity contribution in [2.24, 2.45) is 5.92 Å². The van der Waals surface area contributed by atoms with E-state index in [0.29, 0.717) is 35.8 Å². The van der Waals surface area contributed by atoms with Crippen LogP contribution < -0.4 is 9.62 Å². The molecular weight excluding hydrogens is 497 g/mol. The highest BCUT2D eigenvalue weighted by molar-refractivity contribution is 9.10. The highest BCUT2D eigenvalue weighted by atomic mass is 79.9. The van der Waals surface area contributed by atoms with Gasteiger partial charge in [-0.15, -0.1) is 0 Å². The largest absolute Gasteiger partial charge is 0.349 e. The molecule has 1 aromatic heterocycles. The van der Waals surface area contributed by atoms with Crippen LogP contribution in [0.4, 0.5) is 10.1 Å². The van der Waals surface area contributed by atoms with Crippen LogP contribution >= 0.6 is 27.5 Å². The lowest BCUT2D eigenvalue weighted by atomic mass is 9.85. The van der Waals surface area contributed by atoms with Crippen molar-refractivity contribution in [3.8, 4) is 0 Å². The number of carbonyl (C=O) groups is 1. The third-order valence-electron chi connectivity index (χ3n) is 5.36. The summed E-state index contributed by atoms with van der Waals surface area (Å²) in [5.74, 6) is -0.579. The zero-order valence-electron chi connectivity index (χ0n) is 16.2. The number of hydrogen-bond donors (Lipinski definition) is 2. The van der Waals surface area contributed by atoms with E-state index in [1.807, 2.05) is 6.92 Å². The van der Waals surface area contributed by atoms with E-state index >= 15 is 0 Å². The summed E-state index contributed by atoms with van der Waals surface area (Å²) >= 11 is 9.18. The molecule has 0 aliphatic heterocycles. The minimum Gasteiger partial charge on any atom is -0.349 e. The van der Waals surface area contributed by atoms with Gasteiger partial charge in [-0.3, -0.25) is 9.10 Å². The molecule has 1 saturated carbocycles. The summed E-state index contributed by atoms with van der Waals surface area (Å²) < 4.78 is 38.8. The second kappa shape index (κ2) is 10.1. The quantitative estimate of drug-likeness (QED) is 0.439. The van der Waals surface area contributed by atoms with Gasteiger partial charge in [0.1, 0.15) is 11.0 Å². The van der Waals surface area contributed by atoms with E-state index in [4.69, 9.17) is 11.6 Å². The predicted octanol–water partition coefficient (Wildman–Crippen LogP) is 4.41. The van der Waals surface area contributed by atoms with Crippen molar-refractivity contribution in [2.45, 2.75) is 44.7 Å². The highest BCUT2D eigenvalue weighted by Crippen LogP contribution is 2.33. The second-order valence-electron chi connectivity index (χ2n) is 7.34. The number of aromatic nitrogens is 1. The Labute approximate surface area is 190 Å². The second-order valence-corrected chi connectivity index (χ2v) is 9.45. The maximum Gasteiger partial charge on any atom is 0.225 e. The smallest absolute Gasteiger partial charge is 0.225 e. The molecule has 1 N–H and O–H groups in total. The van der Waals surface area contributed by atoms with Gasteiger partial charge in [0.05, 0.1) is 22.4 Å². The van der Waals surface area contributed by atoms with E-state index in [2.05, 4.69) is 26.2 Å². The molecule has 1 fully saturated rings. The Bertz CT molecular complexity index is 974. The molecule has 10 heteroatoms. The molecule has 0 spiro atoms. The average Bonchev–Trinajstić information content (AvgIpc) is 2.71. The van der Waals surface area contributed by atoms with Crippen LogP contribution in [-0.4, -0.2) is 25.4 Å². The van der Waals surface area contributed by atoms with E-state index in [1.165, 1.54) is 22.6 Å². The number of benzene rings is 1. The van der Waals surface area contributed by atoms with Crippen molar-refractivity contribution in [1.29, 1.82) is 0 Å². The summed E-state index contributed by atoms with van der Waals surface area (Å²) in [6, 6.07) is 7.19. The van der Waals surface area contributed by atoms with Gasteiger partial charge in [-0.1, -0.05) is 23.7 Å². The fraction of sp³-hybridized carbons (Fsp3) is 0.400. The molecule has 0 unspecified atom stereocenters. The number of rotatable bonds is 6. The number of nitrogens with zero attached hydrogens (tertiary/aromatic N) is 2. The van der Waals surface area contributed by atoms with Crippen molar-refractivity contribution in [3.05, 3.63) is 57.5 Å². The average molecular weight is 519 g/mol. The number of nitrogens with one attached hydrogen (secondary N) is 1. The van der Waals surface area contributed by atoms with Gasteiger partial charge in [0.2, 0.25) is 16.8 Å². The first kappa shape index (κ1) is 23.0. The number of thiol groups is 1. The van der Waals surface area contributed by atoms with Crippen molar-refractivity contribution in [2.75, 3.05) is 4.31 Å². The third kappa shape index (κ3) is 5.50. The topological polar surface area (TPSA) is 79.4 Å². The molecule has 1 heterocycles. The van der Waals surface area contributed by atoms with Crippen molar-refractivity contribution < 1.29 is 17.6 Å². The Kier molecular flexibility index (Phi) is 7.70. The molecule has 1 aromatic carbocycles. The molecule has 1 atom stereocenters.